The van der Waals surface area contributed by atoms with E-state index in [1.807, 2.05) is 6.08 Å². The van der Waals surface area contributed by atoms with Crippen LogP contribution in [-0.4, -0.2) is 21.3 Å². The molecule has 0 amide bonds. The third-order valence-corrected chi connectivity index (χ3v) is 5.49. The van der Waals surface area contributed by atoms with Crippen LogP contribution in [0, 0.1) is 11.5 Å². The average molecular weight is 327 g/mol. The maximum Gasteiger partial charge on any atom is 0.195 e. The Hall–Kier alpha value is -1.34. The molecule has 0 bridgehead atoms. The minimum Gasteiger partial charge on any atom is -0.343 e. The van der Waals surface area contributed by atoms with E-state index in [4.69, 9.17) is 9.47 Å². The molecule has 1 aliphatic heterocycles. The third kappa shape index (κ3) is 3.04. The highest BCUT2D eigenvalue weighted by atomic mass is 28.3. The molecule has 0 radical (unpaired) electrons. The first-order valence-electron chi connectivity index (χ1n) is 8.46. The maximum absolute atomic E-state index is 5.94. The molecular formula is C20H26O2Si. The summed E-state index contributed by atoms with van der Waals surface area (Å²) in [4.78, 5) is 0. The molecule has 23 heavy (non-hydrogen) atoms. The van der Waals surface area contributed by atoms with Crippen LogP contribution in [-0.2, 0) is 21.7 Å². The summed E-state index contributed by atoms with van der Waals surface area (Å²) in [5.41, 5.74) is 8.53. The summed E-state index contributed by atoms with van der Waals surface area (Å²) in [6, 6.07) is 4.38. The Balaban J connectivity index is 2.01. The van der Waals surface area contributed by atoms with Crippen molar-refractivity contribution >= 4 is 14.1 Å². The fraction of sp³-hybridized carbons (Fsp3) is 0.500. The van der Waals surface area contributed by atoms with Gasteiger partial charge in [0.25, 0.3) is 0 Å². The van der Waals surface area contributed by atoms with Crippen molar-refractivity contribution in [2.75, 3.05) is 13.2 Å². The fourth-order valence-corrected chi connectivity index (χ4v) is 4.16. The molecule has 1 heterocycles. The molecule has 1 spiro atoms. The third-order valence-electron chi connectivity index (χ3n) is 4.59. The van der Waals surface area contributed by atoms with E-state index >= 15 is 0 Å². The molecule has 0 aromatic heterocycles. The molecule has 122 valence electrons. The van der Waals surface area contributed by atoms with Gasteiger partial charge in [0.05, 0.1) is 13.2 Å². The minimum atomic E-state index is -1.35. The van der Waals surface area contributed by atoms with E-state index < -0.39 is 13.9 Å². The van der Waals surface area contributed by atoms with Gasteiger partial charge in [0.1, 0.15) is 8.07 Å². The summed E-state index contributed by atoms with van der Waals surface area (Å²) in [5.74, 6) is 3.19. The summed E-state index contributed by atoms with van der Waals surface area (Å²) in [6.45, 7) is 14.5. The molecule has 3 heteroatoms. The van der Waals surface area contributed by atoms with Crippen LogP contribution >= 0.6 is 0 Å². The molecule has 1 aromatic carbocycles. The zero-order chi connectivity index (χ0) is 16.7. The van der Waals surface area contributed by atoms with E-state index in [0.29, 0.717) is 13.2 Å². The van der Waals surface area contributed by atoms with Gasteiger partial charge in [-0.05, 0) is 30.0 Å². The predicted octanol–water partition coefficient (Wildman–Crippen LogP) is 4.46. The number of ether oxygens (including phenoxy) is 2. The second-order valence-corrected chi connectivity index (χ2v) is 12.2. The van der Waals surface area contributed by atoms with E-state index in [9.17, 15) is 0 Å². The number of hydrogen-bond donors (Lipinski definition) is 0. The second kappa shape index (κ2) is 5.94. The molecule has 1 atom stereocenters. The van der Waals surface area contributed by atoms with Gasteiger partial charge < -0.3 is 9.47 Å². The lowest BCUT2D eigenvalue weighted by Crippen LogP contribution is -2.23. The molecule has 1 aliphatic carbocycles. The van der Waals surface area contributed by atoms with Gasteiger partial charge in [0.2, 0.25) is 0 Å². The largest absolute Gasteiger partial charge is 0.343 e. The van der Waals surface area contributed by atoms with Crippen LogP contribution in [0.25, 0.3) is 6.08 Å². The maximum atomic E-state index is 5.94. The SMILES string of the molecule is C=Cc1c(C(C)C#C[Si](C)(C)C)ccc2c1CCC21OCCO1. The highest BCUT2D eigenvalue weighted by Gasteiger charge is 2.45. The lowest BCUT2D eigenvalue weighted by Gasteiger charge is -2.24. The molecule has 1 unspecified atom stereocenters. The van der Waals surface area contributed by atoms with Crippen molar-refractivity contribution in [1.82, 2.24) is 0 Å². The van der Waals surface area contributed by atoms with Crippen LogP contribution in [0.3, 0.4) is 0 Å². The number of rotatable bonds is 2. The highest BCUT2D eigenvalue weighted by molar-refractivity contribution is 6.83. The van der Waals surface area contributed by atoms with Crippen molar-refractivity contribution in [2.45, 2.75) is 51.1 Å². The number of fused-ring (bicyclic) bond motifs is 2. The Morgan fingerprint density at radius 2 is 1.96 bits per heavy atom. The molecule has 0 N–H and O–H groups in total. The first-order chi connectivity index (χ1) is 10.9. The topological polar surface area (TPSA) is 18.5 Å². The van der Waals surface area contributed by atoms with Crippen LogP contribution < -0.4 is 0 Å². The van der Waals surface area contributed by atoms with Crippen molar-refractivity contribution < 1.29 is 9.47 Å². The van der Waals surface area contributed by atoms with Gasteiger partial charge in [-0.3, -0.25) is 0 Å². The summed E-state index contributed by atoms with van der Waals surface area (Å²) in [5, 5.41) is 0. The Bertz CT molecular complexity index is 682. The van der Waals surface area contributed by atoms with E-state index in [2.05, 4.69) is 56.7 Å². The Kier molecular flexibility index (Phi) is 4.26. The molecule has 0 saturated carbocycles. The monoisotopic (exact) mass is 326 g/mol. The Labute approximate surface area is 140 Å². The highest BCUT2D eigenvalue weighted by Crippen LogP contribution is 2.46. The first kappa shape index (κ1) is 16.5. The van der Waals surface area contributed by atoms with E-state index in [1.165, 1.54) is 22.3 Å². The van der Waals surface area contributed by atoms with Crippen molar-refractivity contribution in [3.05, 3.63) is 41.0 Å². The second-order valence-electron chi connectivity index (χ2n) is 7.49. The smallest absolute Gasteiger partial charge is 0.195 e. The lowest BCUT2D eigenvalue weighted by atomic mass is 9.90. The molecule has 2 nitrogen and oxygen atoms in total. The van der Waals surface area contributed by atoms with Gasteiger partial charge in [0, 0.05) is 17.9 Å². The number of hydrogen-bond acceptors (Lipinski definition) is 2. The van der Waals surface area contributed by atoms with Gasteiger partial charge in [-0.15, -0.1) is 11.5 Å². The molecular weight excluding hydrogens is 300 g/mol. The summed E-state index contributed by atoms with van der Waals surface area (Å²) in [7, 11) is -1.35. The van der Waals surface area contributed by atoms with Crippen molar-refractivity contribution in [3.8, 4) is 11.5 Å². The standard InChI is InChI=1S/C20H26O2Si/c1-6-16-17(15(2)10-14-23(3,4)5)7-8-19-18(16)9-11-20(19)21-12-13-22-20/h6-8,15H,1,9,11-13H2,2-5H3. The minimum absolute atomic E-state index is 0.224. The normalized spacial score (nSPS) is 20.0. The van der Waals surface area contributed by atoms with Crippen LogP contribution in [0.1, 0.15) is 41.5 Å². The van der Waals surface area contributed by atoms with Gasteiger partial charge >= 0.3 is 0 Å². The number of benzene rings is 1. The molecule has 1 aromatic rings. The lowest BCUT2D eigenvalue weighted by molar-refractivity contribution is -0.163. The van der Waals surface area contributed by atoms with Crippen LogP contribution in [0.2, 0.25) is 19.6 Å². The quantitative estimate of drug-likeness (QED) is 0.590. The van der Waals surface area contributed by atoms with Crippen molar-refractivity contribution in [1.29, 1.82) is 0 Å². The average Bonchev–Trinajstić information content (AvgIpc) is 3.12. The van der Waals surface area contributed by atoms with Crippen molar-refractivity contribution in [2.24, 2.45) is 0 Å². The summed E-state index contributed by atoms with van der Waals surface area (Å²) in [6.07, 6.45) is 3.87. The van der Waals surface area contributed by atoms with E-state index in [1.54, 1.807) is 0 Å². The predicted molar refractivity (Wildman–Crippen MR) is 98.0 cm³/mol. The molecule has 3 rings (SSSR count). The molecule has 1 fully saturated rings. The van der Waals surface area contributed by atoms with Gasteiger partial charge in [-0.25, -0.2) is 0 Å². The summed E-state index contributed by atoms with van der Waals surface area (Å²) < 4.78 is 11.9. The molecule has 1 saturated heterocycles. The van der Waals surface area contributed by atoms with E-state index in [0.717, 1.165) is 12.8 Å². The fourth-order valence-electron chi connectivity index (χ4n) is 3.51. The first-order valence-corrected chi connectivity index (χ1v) is 12.0. The van der Waals surface area contributed by atoms with Crippen LogP contribution in [0.4, 0.5) is 0 Å². The zero-order valence-electron chi connectivity index (χ0n) is 14.7. The van der Waals surface area contributed by atoms with Crippen LogP contribution in [0.15, 0.2) is 18.7 Å². The van der Waals surface area contributed by atoms with Gasteiger partial charge in [0.15, 0.2) is 5.79 Å². The summed E-state index contributed by atoms with van der Waals surface area (Å²) >= 11 is 0. The van der Waals surface area contributed by atoms with Crippen LogP contribution in [0.5, 0.6) is 0 Å². The van der Waals surface area contributed by atoms with Gasteiger partial charge in [-0.2, -0.15) is 0 Å². The van der Waals surface area contributed by atoms with E-state index in [-0.39, 0.29) is 5.92 Å². The van der Waals surface area contributed by atoms with Gasteiger partial charge in [-0.1, -0.05) is 44.4 Å². The Morgan fingerprint density at radius 1 is 1.26 bits per heavy atom. The Morgan fingerprint density at radius 3 is 2.57 bits per heavy atom. The zero-order valence-corrected chi connectivity index (χ0v) is 15.7. The molecule has 2 aliphatic rings. The van der Waals surface area contributed by atoms with Crippen molar-refractivity contribution in [3.63, 3.8) is 0 Å².